The number of hydrogen-bond donors (Lipinski definition) is 2. The molecule has 2 atom stereocenters. The fraction of sp³-hybridized carbons (Fsp3) is 0.423. The van der Waals surface area contributed by atoms with Gasteiger partial charge in [0.25, 0.3) is 11.8 Å². The normalized spacial score (nSPS) is 16.0. The standard InChI is InChI=1S/C26H33N3O7S/c1-18(2)24(26(32)36-17-23(30)27-19(3)20-8-5-4-6-9-20)28-25(31)21-10-7-11-22(16-21)37(33,34)29-12-14-35-15-13-29/h4-11,16,18-19,24H,12-15,17H2,1-3H3,(H,27,30)(H,28,31). The summed E-state index contributed by atoms with van der Waals surface area (Å²) in [5.41, 5.74) is 0.995. The van der Waals surface area contributed by atoms with Crippen molar-refractivity contribution in [3.05, 3.63) is 65.7 Å². The van der Waals surface area contributed by atoms with Crippen molar-refractivity contribution in [3.63, 3.8) is 0 Å². The van der Waals surface area contributed by atoms with Gasteiger partial charge in [-0.25, -0.2) is 13.2 Å². The predicted octanol–water partition coefficient (Wildman–Crippen LogP) is 1.88. The number of sulfonamides is 1. The second-order valence-corrected chi connectivity index (χ2v) is 11.0. The lowest BCUT2D eigenvalue weighted by Crippen LogP contribution is -2.46. The number of carbonyl (C=O) groups is 3. The molecule has 2 unspecified atom stereocenters. The summed E-state index contributed by atoms with van der Waals surface area (Å²) < 4.78 is 37.6. The minimum absolute atomic E-state index is 0.0186. The van der Waals surface area contributed by atoms with E-state index >= 15 is 0 Å². The number of amides is 2. The Morgan fingerprint density at radius 2 is 1.65 bits per heavy atom. The first kappa shape index (κ1) is 28.3. The van der Waals surface area contributed by atoms with E-state index in [1.165, 1.54) is 28.6 Å². The van der Waals surface area contributed by atoms with E-state index in [0.29, 0.717) is 13.2 Å². The number of morpholine rings is 1. The van der Waals surface area contributed by atoms with Gasteiger partial charge in [0.15, 0.2) is 6.61 Å². The van der Waals surface area contributed by atoms with Gasteiger partial charge in [0.2, 0.25) is 10.0 Å². The second kappa shape index (κ2) is 12.8. The van der Waals surface area contributed by atoms with Gasteiger partial charge in [-0.1, -0.05) is 50.2 Å². The number of nitrogens with one attached hydrogen (secondary N) is 2. The largest absolute Gasteiger partial charge is 0.454 e. The van der Waals surface area contributed by atoms with E-state index in [4.69, 9.17) is 9.47 Å². The third kappa shape index (κ3) is 7.61. The molecule has 37 heavy (non-hydrogen) atoms. The average molecular weight is 532 g/mol. The van der Waals surface area contributed by atoms with Gasteiger partial charge in [-0.05, 0) is 36.6 Å². The van der Waals surface area contributed by atoms with Gasteiger partial charge in [0.05, 0.1) is 24.2 Å². The number of carbonyl (C=O) groups excluding carboxylic acids is 3. The number of esters is 1. The molecule has 10 nitrogen and oxygen atoms in total. The Kier molecular flexibility index (Phi) is 9.79. The van der Waals surface area contributed by atoms with Gasteiger partial charge in [-0.2, -0.15) is 4.31 Å². The molecule has 1 aliphatic rings. The van der Waals surface area contributed by atoms with Gasteiger partial charge < -0.3 is 20.1 Å². The van der Waals surface area contributed by atoms with Crippen LogP contribution in [-0.2, 0) is 29.1 Å². The van der Waals surface area contributed by atoms with Gasteiger partial charge in [-0.15, -0.1) is 0 Å². The minimum atomic E-state index is -3.79. The van der Waals surface area contributed by atoms with Crippen LogP contribution in [0.15, 0.2) is 59.5 Å². The Labute approximate surface area is 217 Å². The predicted molar refractivity (Wildman–Crippen MR) is 136 cm³/mol. The van der Waals surface area contributed by atoms with Crippen molar-refractivity contribution in [2.24, 2.45) is 5.92 Å². The minimum Gasteiger partial charge on any atom is -0.454 e. The molecule has 200 valence electrons. The molecule has 11 heteroatoms. The van der Waals surface area contributed by atoms with E-state index in [9.17, 15) is 22.8 Å². The smallest absolute Gasteiger partial charge is 0.329 e. The molecule has 0 bridgehead atoms. The number of rotatable bonds is 10. The molecule has 2 N–H and O–H groups in total. The van der Waals surface area contributed by atoms with Gasteiger partial charge in [0.1, 0.15) is 6.04 Å². The van der Waals surface area contributed by atoms with Crippen LogP contribution in [0, 0.1) is 5.92 Å². The highest BCUT2D eigenvalue weighted by Gasteiger charge is 2.29. The fourth-order valence-corrected chi connectivity index (χ4v) is 5.25. The highest BCUT2D eigenvalue weighted by molar-refractivity contribution is 7.89. The van der Waals surface area contributed by atoms with Crippen LogP contribution < -0.4 is 10.6 Å². The molecular weight excluding hydrogens is 498 g/mol. The van der Waals surface area contributed by atoms with Gasteiger partial charge >= 0.3 is 5.97 Å². The van der Waals surface area contributed by atoms with Crippen LogP contribution in [0.1, 0.15) is 42.7 Å². The van der Waals surface area contributed by atoms with Crippen LogP contribution in [0.3, 0.4) is 0 Å². The summed E-state index contributed by atoms with van der Waals surface area (Å²) in [5.74, 6) is -2.21. The van der Waals surface area contributed by atoms with Crippen LogP contribution in [0.25, 0.3) is 0 Å². The topological polar surface area (TPSA) is 131 Å². The van der Waals surface area contributed by atoms with Crippen molar-refractivity contribution in [3.8, 4) is 0 Å². The van der Waals surface area contributed by atoms with Crippen molar-refractivity contribution >= 4 is 27.8 Å². The average Bonchev–Trinajstić information content (AvgIpc) is 2.91. The number of hydrogen-bond acceptors (Lipinski definition) is 7. The first-order valence-corrected chi connectivity index (χ1v) is 13.5. The van der Waals surface area contributed by atoms with Crippen molar-refractivity contribution in [1.29, 1.82) is 0 Å². The molecule has 3 rings (SSSR count). The molecule has 2 amide bonds. The maximum Gasteiger partial charge on any atom is 0.329 e. The Hall–Kier alpha value is -3.28. The van der Waals surface area contributed by atoms with Gasteiger partial charge in [0, 0.05) is 18.7 Å². The summed E-state index contributed by atoms with van der Waals surface area (Å²) in [7, 11) is -3.79. The molecule has 1 heterocycles. The third-order valence-electron chi connectivity index (χ3n) is 5.93. The molecule has 0 radical (unpaired) electrons. The molecule has 2 aromatic rings. The second-order valence-electron chi connectivity index (χ2n) is 9.05. The molecule has 0 aromatic heterocycles. The van der Waals surface area contributed by atoms with Gasteiger partial charge in [-0.3, -0.25) is 9.59 Å². The maximum absolute atomic E-state index is 12.9. The number of nitrogens with zero attached hydrogens (tertiary/aromatic N) is 1. The van der Waals surface area contributed by atoms with Crippen LogP contribution in [0.5, 0.6) is 0 Å². The summed E-state index contributed by atoms with van der Waals surface area (Å²) in [6, 6.07) is 13.7. The zero-order chi connectivity index (χ0) is 27.0. The van der Waals surface area contributed by atoms with Crippen molar-refractivity contribution in [1.82, 2.24) is 14.9 Å². The maximum atomic E-state index is 12.9. The van der Waals surface area contributed by atoms with E-state index < -0.39 is 40.5 Å². The highest BCUT2D eigenvalue weighted by Crippen LogP contribution is 2.19. The van der Waals surface area contributed by atoms with Crippen molar-refractivity contribution in [2.75, 3.05) is 32.9 Å². The monoisotopic (exact) mass is 531 g/mol. The Bertz CT molecular complexity index is 1200. The zero-order valence-corrected chi connectivity index (χ0v) is 22.0. The lowest BCUT2D eigenvalue weighted by molar-refractivity contribution is -0.151. The summed E-state index contributed by atoms with van der Waals surface area (Å²) in [6.07, 6.45) is 0. The summed E-state index contributed by atoms with van der Waals surface area (Å²) in [5, 5.41) is 5.37. The van der Waals surface area contributed by atoms with E-state index in [1.54, 1.807) is 13.8 Å². The molecule has 2 aromatic carbocycles. The SMILES string of the molecule is CC(NC(=O)COC(=O)C(NC(=O)c1cccc(S(=O)(=O)N2CCOCC2)c1)C(C)C)c1ccccc1. The van der Waals surface area contributed by atoms with E-state index in [2.05, 4.69) is 10.6 Å². The molecule has 1 saturated heterocycles. The summed E-state index contributed by atoms with van der Waals surface area (Å²) in [4.78, 5) is 37.9. The summed E-state index contributed by atoms with van der Waals surface area (Å²) in [6.45, 7) is 5.85. The number of benzene rings is 2. The summed E-state index contributed by atoms with van der Waals surface area (Å²) >= 11 is 0. The number of ether oxygens (including phenoxy) is 2. The van der Waals surface area contributed by atoms with Crippen LogP contribution in [0.4, 0.5) is 0 Å². The first-order chi connectivity index (χ1) is 17.6. The van der Waals surface area contributed by atoms with E-state index in [1.807, 2.05) is 37.3 Å². The molecular formula is C26H33N3O7S. The molecule has 0 spiro atoms. The van der Waals surface area contributed by atoms with Crippen molar-refractivity contribution < 1.29 is 32.3 Å². The Morgan fingerprint density at radius 3 is 2.30 bits per heavy atom. The quantitative estimate of drug-likeness (QED) is 0.448. The van der Waals surface area contributed by atoms with Crippen LogP contribution >= 0.6 is 0 Å². The lowest BCUT2D eigenvalue weighted by atomic mass is 10.0. The van der Waals surface area contributed by atoms with Crippen molar-refractivity contribution in [2.45, 2.75) is 37.8 Å². The fourth-order valence-electron chi connectivity index (χ4n) is 3.79. The molecule has 1 aliphatic heterocycles. The molecule has 0 aliphatic carbocycles. The molecule has 0 saturated carbocycles. The highest BCUT2D eigenvalue weighted by atomic mass is 32.2. The van der Waals surface area contributed by atoms with Crippen LogP contribution in [0.2, 0.25) is 0 Å². The first-order valence-electron chi connectivity index (χ1n) is 12.1. The third-order valence-corrected chi connectivity index (χ3v) is 7.83. The Morgan fingerprint density at radius 1 is 0.973 bits per heavy atom. The Balaban J connectivity index is 1.61. The zero-order valence-electron chi connectivity index (χ0n) is 21.2. The van der Waals surface area contributed by atoms with E-state index in [-0.39, 0.29) is 35.5 Å². The van der Waals surface area contributed by atoms with Crippen LogP contribution in [-0.4, -0.2) is 69.5 Å². The van der Waals surface area contributed by atoms with E-state index in [0.717, 1.165) is 5.56 Å². The lowest BCUT2D eigenvalue weighted by Gasteiger charge is -2.26. The molecule has 1 fully saturated rings.